The Morgan fingerprint density at radius 1 is 1.12 bits per heavy atom. The topological polar surface area (TPSA) is 110 Å². The third-order valence-corrected chi connectivity index (χ3v) is 6.45. The number of hydrogen-bond donors (Lipinski definition) is 1. The first-order valence-corrected chi connectivity index (χ1v) is 9.53. The van der Waals surface area contributed by atoms with Gasteiger partial charge in [0.25, 0.3) is 15.7 Å². The van der Waals surface area contributed by atoms with Crippen LogP contribution in [0.4, 0.5) is 17.1 Å². The van der Waals surface area contributed by atoms with Crippen molar-refractivity contribution < 1.29 is 18.1 Å². The summed E-state index contributed by atoms with van der Waals surface area (Å²) >= 11 is 0. The van der Waals surface area contributed by atoms with E-state index in [1.807, 2.05) is 0 Å². The van der Waals surface area contributed by atoms with Crippen molar-refractivity contribution in [2.75, 3.05) is 16.2 Å². The lowest BCUT2D eigenvalue weighted by Gasteiger charge is -2.30. The summed E-state index contributed by atoms with van der Waals surface area (Å²) in [5.74, 6) is -0.173. The van der Waals surface area contributed by atoms with Crippen LogP contribution >= 0.6 is 0 Å². The van der Waals surface area contributed by atoms with Gasteiger partial charge < -0.3 is 5.32 Å². The molecule has 2 heterocycles. The highest BCUT2D eigenvalue weighted by Crippen LogP contribution is 2.35. The van der Waals surface area contributed by atoms with E-state index in [1.165, 1.54) is 28.6 Å². The van der Waals surface area contributed by atoms with Gasteiger partial charge >= 0.3 is 0 Å². The first kappa shape index (κ1) is 16.5. The molecule has 2 aromatic rings. The van der Waals surface area contributed by atoms with Crippen LogP contribution in [-0.4, -0.2) is 25.8 Å². The molecule has 0 radical (unpaired) electrons. The molecule has 2 aromatic carbocycles. The van der Waals surface area contributed by atoms with Crippen molar-refractivity contribution in [1.82, 2.24) is 0 Å². The average Bonchev–Trinajstić information content (AvgIpc) is 2.99. The first-order chi connectivity index (χ1) is 12.4. The SMILES string of the molecule is O=C1Cc2cc(S(=O)(=O)N3CCCc4ccc([N+](=O)[O-])cc43)ccc2N1. The maximum Gasteiger partial charge on any atom is 0.271 e. The molecule has 0 aliphatic carbocycles. The standard InChI is InChI=1S/C17H15N3O5S/c21-17-9-12-8-14(5-6-15(12)18-17)26(24,25)19-7-1-2-11-3-4-13(20(22)23)10-16(11)19/h3-6,8,10H,1-2,7,9H2,(H,18,21). The number of hydrogen-bond acceptors (Lipinski definition) is 5. The minimum absolute atomic E-state index is 0.0760. The number of carbonyl (C=O) groups is 1. The molecule has 9 heteroatoms. The highest BCUT2D eigenvalue weighted by molar-refractivity contribution is 7.92. The summed E-state index contributed by atoms with van der Waals surface area (Å²) in [4.78, 5) is 22.1. The zero-order valence-electron chi connectivity index (χ0n) is 13.6. The fourth-order valence-electron chi connectivity index (χ4n) is 3.39. The molecule has 0 saturated carbocycles. The van der Waals surface area contributed by atoms with Gasteiger partial charge in [0.15, 0.2) is 0 Å². The van der Waals surface area contributed by atoms with Crippen molar-refractivity contribution >= 4 is 33.0 Å². The molecule has 0 atom stereocenters. The zero-order chi connectivity index (χ0) is 18.5. The summed E-state index contributed by atoms with van der Waals surface area (Å²) in [6.07, 6.45) is 1.44. The predicted octanol–water partition coefficient (Wildman–Crippen LogP) is 2.23. The van der Waals surface area contributed by atoms with Gasteiger partial charge in [0.05, 0.1) is 21.9 Å². The third kappa shape index (κ3) is 2.60. The Morgan fingerprint density at radius 2 is 1.92 bits per heavy atom. The number of non-ortho nitro benzene ring substituents is 1. The maximum absolute atomic E-state index is 13.2. The minimum atomic E-state index is -3.89. The molecule has 4 rings (SSSR count). The Bertz CT molecular complexity index is 1050. The summed E-state index contributed by atoms with van der Waals surface area (Å²) in [6, 6.07) is 8.83. The largest absolute Gasteiger partial charge is 0.326 e. The average molecular weight is 373 g/mol. The molecule has 134 valence electrons. The molecule has 0 saturated heterocycles. The number of rotatable bonds is 3. The number of anilines is 2. The Kier molecular flexibility index (Phi) is 3.69. The maximum atomic E-state index is 13.2. The second kappa shape index (κ2) is 5.80. The number of benzene rings is 2. The van der Waals surface area contributed by atoms with Crippen LogP contribution in [0.25, 0.3) is 0 Å². The van der Waals surface area contributed by atoms with Gasteiger partial charge in [-0.2, -0.15) is 0 Å². The number of carbonyl (C=O) groups excluding carboxylic acids is 1. The van der Waals surface area contributed by atoms with Crippen molar-refractivity contribution in [2.45, 2.75) is 24.2 Å². The molecular formula is C17H15N3O5S. The monoisotopic (exact) mass is 373 g/mol. The van der Waals surface area contributed by atoms with Gasteiger partial charge in [-0.05, 0) is 42.2 Å². The number of sulfonamides is 1. The highest BCUT2D eigenvalue weighted by Gasteiger charge is 2.31. The fraction of sp³-hybridized carbons (Fsp3) is 0.235. The number of amides is 1. The number of nitro groups is 1. The lowest BCUT2D eigenvalue weighted by molar-refractivity contribution is -0.384. The molecular weight excluding hydrogens is 358 g/mol. The number of nitro benzene ring substituents is 1. The fourth-order valence-corrected chi connectivity index (χ4v) is 4.97. The number of aryl methyl sites for hydroxylation is 1. The van der Waals surface area contributed by atoms with E-state index in [9.17, 15) is 23.3 Å². The van der Waals surface area contributed by atoms with Gasteiger partial charge in [0.1, 0.15) is 0 Å². The second-order valence-electron chi connectivity index (χ2n) is 6.29. The quantitative estimate of drug-likeness (QED) is 0.655. The van der Waals surface area contributed by atoms with E-state index in [-0.39, 0.29) is 29.5 Å². The van der Waals surface area contributed by atoms with Crippen molar-refractivity contribution in [1.29, 1.82) is 0 Å². The van der Waals surface area contributed by atoms with Crippen molar-refractivity contribution in [2.24, 2.45) is 0 Å². The predicted molar refractivity (Wildman–Crippen MR) is 94.7 cm³/mol. The van der Waals surface area contributed by atoms with E-state index in [1.54, 1.807) is 12.1 Å². The molecule has 2 aliphatic rings. The molecule has 26 heavy (non-hydrogen) atoms. The van der Waals surface area contributed by atoms with Gasteiger partial charge in [-0.25, -0.2) is 8.42 Å². The van der Waals surface area contributed by atoms with Crippen LogP contribution in [0.5, 0.6) is 0 Å². The number of nitrogens with one attached hydrogen (secondary N) is 1. The summed E-state index contributed by atoms with van der Waals surface area (Å²) in [7, 11) is -3.89. The van der Waals surface area contributed by atoms with E-state index in [2.05, 4.69) is 5.32 Å². The molecule has 2 aliphatic heterocycles. The smallest absolute Gasteiger partial charge is 0.271 e. The lowest BCUT2D eigenvalue weighted by atomic mass is 10.0. The molecule has 1 amide bonds. The van der Waals surface area contributed by atoms with Gasteiger partial charge in [0.2, 0.25) is 5.91 Å². The van der Waals surface area contributed by atoms with Crippen molar-refractivity contribution in [3.05, 3.63) is 57.6 Å². The minimum Gasteiger partial charge on any atom is -0.326 e. The van der Waals surface area contributed by atoms with Gasteiger partial charge in [-0.1, -0.05) is 6.07 Å². The van der Waals surface area contributed by atoms with E-state index in [0.717, 1.165) is 5.56 Å². The molecule has 1 N–H and O–H groups in total. The van der Waals surface area contributed by atoms with Crippen LogP contribution < -0.4 is 9.62 Å². The summed E-state index contributed by atoms with van der Waals surface area (Å²) in [6.45, 7) is 0.255. The number of fused-ring (bicyclic) bond motifs is 2. The van der Waals surface area contributed by atoms with Gasteiger partial charge in [-0.15, -0.1) is 0 Å². The van der Waals surface area contributed by atoms with Crippen molar-refractivity contribution in [3.63, 3.8) is 0 Å². The van der Waals surface area contributed by atoms with Gasteiger partial charge in [0, 0.05) is 24.4 Å². The van der Waals surface area contributed by atoms with Gasteiger partial charge in [-0.3, -0.25) is 19.2 Å². The van der Waals surface area contributed by atoms with Crippen LogP contribution in [-0.2, 0) is 27.7 Å². The molecule has 0 unspecified atom stereocenters. The Morgan fingerprint density at radius 3 is 2.69 bits per heavy atom. The van der Waals surface area contributed by atoms with Crippen LogP contribution in [0, 0.1) is 10.1 Å². The Balaban J connectivity index is 1.79. The van der Waals surface area contributed by atoms with Crippen LogP contribution in [0.3, 0.4) is 0 Å². The van der Waals surface area contributed by atoms with E-state index in [0.29, 0.717) is 29.8 Å². The molecule has 8 nitrogen and oxygen atoms in total. The van der Waals surface area contributed by atoms with E-state index >= 15 is 0 Å². The third-order valence-electron chi connectivity index (χ3n) is 4.65. The van der Waals surface area contributed by atoms with Crippen LogP contribution in [0.1, 0.15) is 17.5 Å². The summed E-state index contributed by atoms with van der Waals surface area (Å²) < 4.78 is 27.6. The second-order valence-corrected chi connectivity index (χ2v) is 8.16. The molecule has 0 spiro atoms. The highest BCUT2D eigenvalue weighted by atomic mass is 32.2. The Labute approximate surface area is 149 Å². The Hall–Kier alpha value is -2.94. The number of nitrogens with zero attached hydrogens (tertiary/aromatic N) is 2. The summed E-state index contributed by atoms with van der Waals surface area (Å²) in [5.41, 5.74) is 2.22. The summed E-state index contributed by atoms with van der Waals surface area (Å²) in [5, 5.41) is 13.7. The van der Waals surface area contributed by atoms with Crippen LogP contribution in [0.15, 0.2) is 41.3 Å². The van der Waals surface area contributed by atoms with Crippen LogP contribution in [0.2, 0.25) is 0 Å². The molecule has 0 bridgehead atoms. The molecule has 0 aromatic heterocycles. The van der Waals surface area contributed by atoms with E-state index in [4.69, 9.17) is 0 Å². The van der Waals surface area contributed by atoms with Crippen molar-refractivity contribution in [3.8, 4) is 0 Å². The lowest BCUT2D eigenvalue weighted by Crippen LogP contribution is -2.35. The zero-order valence-corrected chi connectivity index (χ0v) is 14.5. The molecule has 0 fully saturated rings. The van der Waals surface area contributed by atoms with E-state index < -0.39 is 14.9 Å². The normalized spacial score (nSPS) is 16.0. The first-order valence-electron chi connectivity index (χ1n) is 8.09.